The van der Waals surface area contributed by atoms with Crippen molar-refractivity contribution in [3.63, 3.8) is 0 Å². The Balaban J connectivity index is 1.53. The molecule has 10 atom stereocenters. The highest BCUT2D eigenvalue weighted by molar-refractivity contribution is 5.86. The lowest BCUT2D eigenvalue weighted by molar-refractivity contribution is -0.239. The van der Waals surface area contributed by atoms with E-state index in [9.17, 15) is 14.4 Å². The Morgan fingerprint density at radius 2 is 1.61 bits per heavy atom. The second-order valence-corrected chi connectivity index (χ2v) is 15.0. The van der Waals surface area contributed by atoms with Gasteiger partial charge in [0.05, 0.1) is 17.9 Å². The molecule has 5 aliphatic carbocycles. The average Bonchev–Trinajstić information content (AvgIpc) is 3.26. The van der Waals surface area contributed by atoms with Crippen LogP contribution < -0.4 is 0 Å². The number of rotatable bonds is 4. The van der Waals surface area contributed by atoms with E-state index in [0.29, 0.717) is 30.1 Å². The molecule has 5 rings (SSSR count). The summed E-state index contributed by atoms with van der Waals surface area (Å²) in [7, 11) is 1.56. The van der Waals surface area contributed by atoms with Crippen LogP contribution in [0.15, 0.2) is 12.2 Å². The van der Waals surface area contributed by atoms with Crippen LogP contribution in [0.4, 0.5) is 0 Å². The average molecular weight is 527 g/mol. The number of allylic oxidation sites excluding steroid dienone is 1. The topological polar surface area (TPSA) is 69.7 Å². The first-order valence-corrected chi connectivity index (χ1v) is 15.1. The van der Waals surface area contributed by atoms with Gasteiger partial charge in [-0.15, -0.1) is 0 Å². The summed E-state index contributed by atoms with van der Waals surface area (Å²) in [6.07, 6.45) is 9.77. The Bertz CT molecular complexity index is 1050. The van der Waals surface area contributed by atoms with Crippen LogP contribution in [0.25, 0.3) is 0 Å². The fourth-order valence-electron chi connectivity index (χ4n) is 11.8. The minimum atomic E-state index is -0.610. The molecule has 0 radical (unpaired) electrons. The summed E-state index contributed by atoms with van der Waals surface area (Å²) in [6, 6.07) is 0. The predicted octanol–water partition coefficient (Wildman–Crippen LogP) is 6.93. The Morgan fingerprint density at radius 3 is 2.24 bits per heavy atom. The molecule has 0 aliphatic heterocycles. The van der Waals surface area contributed by atoms with E-state index in [1.165, 1.54) is 12.5 Å². The molecule has 0 aromatic heterocycles. The van der Waals surface area contributed by atoms with E-state index in [1.54, 1.807) is 7.11 Å². The number of hydrogen-bond acceptors (Lipinski definition) is 5. The standard InChI is InChI=1S/C33H50O5/c1-20(2)22-11-16-33(28(36)37-8)18-17-31(6)23(27(22)33)9-10-25-29(4)14-13-26(35)30(5,19-38-21(3)34)24(29)12-15-32(25,31)7/h22-25,27H,1,9-19H2,2-8H3/t22-,23?,24+,25?,27?,29-,30-,31+,32+,33-/m0/s1. The zero-order valence-corrected chi connectivity index (χ0v) is 24.9. The number of fused-ring (bicyclic) bond motifs is 7. The second kappa shape index (κ2) is 8.93. The lowest BCUT2D eigenvalue weighted by atomic mass is 9.32. The summed E-state index contributed by atoms with van der Waals surface area (Å²) in [4.78, 5) is 38.5. The summed E-state index contributed by atoms with van der Waals surface area (Å²) in [6.45, 7) is 17.8. The molecule has 0 amide bonds. The third-order valence-electron chi connectivity index (χ3n) is 13.8. The van der Waals surface area contributed by atoms with E-state index in [2.05, 4.69) is 41.2 Å². The third-order valence-corrected chi connectivity index (χ3v) is 13.8. The van der Waals surface area contributed by atoms with Crippen LogP contribution in [0.5, 0.6) is 0 Å². The van der Waals surface area contributed by atoms with E-state index < -0.39 is 5.41 Å². The molecule has 5 nitrogen and oxygen atoms in total. The summed E-state index contributed by atoms with van der Waals surface area (Å²) in [5.41, 5.74) is 0.532. The Hall–Kier alpha value is -1.65. The van der Waals surface area contributed by atoms with Crippen LogP contribution in [0.1, 0.15) is 106 Å². The van der Waals surface area contributed by atoms with Crippen LogP contribution in [-0.4, -0.2) is 31.4 Å². The van der Waals surface area contributed by atoms with Gasteiger partial charge in [-0.05, 0) is 117 Å². The van der Waals surface area contributed by atoms with Gasteiger partial charge in [-0.3, -0.25) is 14.4 Å². The van der Waals surface area contributed by atoms with Gasteiger partial charge in [0.15, 0.2) is 0 Å². The van der Waals surface area contributed by atoms with E-state index >= 15 is 0 Å². The molecule has 0 aromatic carbocycles. The van der Waals surface area contributed by atoms with E-state index in [1.807, 2.05) is 0 Å². The van der Waals surface area contributed by atoms with Crippen molar-refractivity contribution in [3.8, 4) is 0 Å². The van der Waals surface area contributed by atoms with Crippen molar-refractivity contribution in [1.82, 2.24) is 0 Å². The largest absolute Gasteiger partial charge is 0.469 e. The van der Waals surface area contributed by atoms with Crippen LogP contribution in [-0.2, 0) is 23.9 Å². The molecule has 5 fully saturated rings. The van der Waals surface area contributed by atoms with Crippen molar-refractivity contribution in [3.05, 3.63) is 12.2 Å². The zero-order valence-electron chi connectivity index (χ0n) is 24.9. The smallest absolute Gasteiger partial charge is 0.312 e. The van der Waals surface area contributed by atoms with Gasteiger partial charge >= 0.3 is 11.9 Å². The SMILES string of the molecule is C=C(C)[C@@H]1CC[C@]2(C(=O)OC)CC[C@]3(C)C(CCC4[C@@]5(C)CCC(=O)[C@@](C)(COC(C)=O)[C@@H]5CC[C@]43C)C12. The highest BCUT2D eigenvalue weighted by Gasteiger charge is 2.72. The molecule has 0 aromatic rings. The molecule has 5 aliphatic rings. The highest BCUT2D eigenvalue weighted by Crippen LogP contribution is 2.77. The van der Waals surface area contributed by atoms with Gasteiger partial charge in [-0.1, -0.05) is 32.9 Å². The molecule has 0 saturated heterocycles. The van der Waals surface area contributed by atoms with Gasteiger partial charge in [0, 0.05) is 13.3 Å². The van der Waals surface area contributed by atoms with Crippen LogP contribution >= 0.6 is 0 Å². The molecule has 5 saturated carbocycles. The summed E-state index contributed by atoms with van der Waals surface area (Å²) < 4.78 is 11.0. The number of methoxy groups -OCH3 is 1. The van der Waals surface area contributed by atoms with Crippen molar-refractivity contribution in [2.24, 2.45) is 56.7 Å². The van der Waals surface area contributed by atoms with Gasteiger partial charge in [-0.25, -0.2) is 0 Å². The molecule has 3 unspecified atom stereocenters. The van der Waals surface area contributed by atoms with Crippen molar-refractivity contribution < 1.29 is 23.9 Å². The van der Waals surface area contributed by atoms with Crippen LogP contribution in [0, 0.1) is 56.7 Å². The number of ether oxygens (including phenoxy) is 2. The second-order valence-electron chi connectivity index (χ2n) is 15.0. The highest BCUT2D eigenvalue weighted by atomic mass is 16.5. The number of esters is 2. The van der Waals surface area contributed by atoms with Crippen molar-refractivity contribution in [2.75, 3.05) is 13.7 Å². The number of hydrogen-bond donors (Lipinski definition) is 0. The van der Waals surface area contributed by atoms with Gasteiger partial charge in [0.1, 0.15) is 12.4 Å². The number of ketones is 1. The number of carbonyl (C=O) groups is 3. The first kappa shape index (κ1) is 27.9. The Kier molecular flexibility index (Phi) is 6.56. The summed E-state index contributed by atoms with van der Waals surface area (Å²) in [5, 5.41) is 0. The molecule has 5 heteroatoms. The maximum Gasteiger partial charge on any atom is 0.312 e. The van der Waals surface area contributed by atoms with E-state index in [0.717, 1.165) is 57.8 Å². The molecular formula is C33H50O5. The summed E-state index contributed by atoms with van der Waals surface area (Å²) >= 11 is 0. The fourth-order valence-corrected chi connectivity index (χ4v) is 11.8. The first-order valence-electron chi connectivity index (χ1n) is 15.1. The van der Waals surface area contributed by atoms with Crippen LogP contribution in [0.2, 0.25) is 0 Å². The monoisotopic (exact) mass is 526 g/mol. The van der Waals surface area contributed by atoms with Gasteiger partial charge in [-0.2, -0.15) is 0 Å². The molecule has 0 N–H and O–H groups in total. The molecule has 0 bridgehead atoms. The van der Waals surface area contributed by atoms with Gasteiger partial charge in [0.2, 0.25) is 0 Å². The molecule has 38 heavy (non-hydrogen) atoms. The Morgan fingerprint density at radius 1 is 0.895 bits per heavy atom. The number of Topliss-reactive ketones (excluding diaryl/α,β-unsaturated/α-hetero) is 1. The minimum absolute atomic E-state index is 0.00303. The van der Waals surface area contributed by atoms with Crippen LogP contribution in [0.3, 0.4) is 0 Å². The molecule has 0 heterocycles. The predicted molar refractivity (Wildman–Crippen MR) is 147 cm³/mol. The van der Waals surface area contributed by atoms with Crippen molar-refractivity contribution in [2.45, 2.75) is 106 Å². The van der Waals surface area contributed by atoms with Gasteiger partial charge in [0.25, 0.3) is 0 Å². The maximum atomic E-state index is 13.4. The molecule has 212 valence electrons. The maximum absolute atomic E-state index is 13.4. The summed E-state index contributed by atoms with van der Waals surface area (Å²) in [5.74, 6) is 1.85. The molecule has 0 spiro atoms. The normalized spacial score (nSPS) is 49.7. The van der Waals surface area contributed by atoms with E-state index in [4.69, 9.17) is 9.47 Å². The van der Waals surface area contributed by atoms with Crippen molar-refractivity contribution in [1.29, 1.82) is 0 Å². The fraction of sp³-hybridized carbons (Fsp3) is 0.848. The Labute approximate surface area is 229 Å². The third kappa shape index (κ3) is 3.44. The van der Waals surface area contributed by atoms with Crippen molar-refractivity contribution >= 4 is 17.7 Å². The first-order chi connectivity index (χ1) is 17.7. The van der Waals surface area contributed by atoms with Gasteiger partial charge < -0.3 is 9.47 Å². The molecular weight excluding hydrogens is 476 g/mol. The zero-order chi connectivity index (χ0) is 27.9. The van der Waals surface area contributed by atoms with E-state index in [-0.39, 0.29) is 51.9 Å². The minimum Gasteiger partial charge on any atom is -0.469 e. The lowest BCUT2D eigenvalue weighted by Gasteiger charge is -2.72. The quantitative estimate of drug-likeness (QED) is 0.293. The lowest BCUT2D eigenvalue weighted by Crippen LogP contribution is -2.67. The number of carbonyl (C=O) groups excluding carboxylic acids is 3.